The molecule has 1 amide bonds. The van der Waals surface area contributed by atoms with Gasteiger partial charge < -0.3 is 14.7 Å². The zero-order chi connectivity index (χ0) is 20.3. The molecule has 0 bridgehead atoms. The molecule has 10 heteroatoms. The number of benzene rings is 1. The molecule has 0 aliphatic carbocycles. The minimum atomic E-state index is -3.10. The number of aliphatic carboxylic acids is 1. The highest BCUT2D eigenvalue weighted by Gasteiger charge is 2.48. The second-order valence-electron chi connectivity index (χ2n) is 6.77. The number of aliphatic imine (C=N–C) groups is 1. The Kier molecular flexibility index (Phi) is 6.29. The number of hydrogen-bond acceptors (Lipinski definition) is 6. The van der Waals surface area contributed by atoms with Crippen LogP contribution in [0.25, 0.3) is 0 Å². The number of rotatable bonds is 7. The predicted octanol–water partition coefficient (Wildman–Crippen LogP) is 1.20. The van der Waals surface area contributed by atoms with Crippen LogP contribution in [0, 0.1) is 0 Å². The molecular weight excluding hydrogens is 404 g/mol. The van der Waals surface area contributed by atoms with E-state index in [0.29, 0.717) is 18.1 Å². The van der Waals surface area contributed by atoms with Crippen LogP contribution in [0.5, 0.6) is 5.75 Å². The van der Waals surface area contributed by atoms with E-state index in [2.05, 4.69) is 4.99 Å². The number of thioether (sulfide) groups is 1. The summed E-state index contributed by atoms with van der Waals surface area (Å²) in [5.41, 5.74) is 1.06. The Morgan fingerprint density at radius 3 is 2.61 bits per heavy atom. The van der Waals surface area contributed by atoms with Crippen LogP contribution in [-0.2, 0) is 25.8 Å². The second-order valence-corrected chi connectivity index (χ2v) is 10.1. The average molecular weight is 427 g/mol. The average Bonchev–Trinajstić information content (AvgIpc) is 3.09. The number of nitrogens with zero attached hydrogens (tertiary/aromatic N) is 2. The molecule has 28 heavy (non-hydrogen) atoms. The molecule has 3 rings (SSSR count). The van der Waals surface area contributed by atoms with E-state index in [9.17, 15) is 18.0 Å². The lowest BCUT2D eigenvalue weighted by Gasteiger charge is -2.24. The van der Waals surface area contributed by atoms with Gasteiger partial charge in [0.25, 0.3) is 0 Å². The first kappa shape index (κ1) is 20.7. The van der Waals surface area contributed by atoms with Gasteiger partial charge in [0, 0.05) is 18.2 Å². The first-order chi connectivity index (χ1) is 13.3. The second kappa shape index (κ2) is 8.52. The maximum Gasteiger partial charge on any atom is 0.303 e. The van der Waals surface area contributed by atoms with E-state index in [4.69, 9.17) is 9.84 Å². The van der Waals surface area contributed by atoms with Gasteiger partial charge in [-0.15, -0.1) is 0 Å². The number of fused-ring (bicyclic) bond motifs is 1. The number of amidine groups is 1. The van der Waals surface area contributed by atoms with Crippen LogP contribution in [0.2, 0.25) is 0 Å². The highest BCUT2D eigenvalue weighted by Crippen LogP contribution is 2.38. The first-order valence-electron chi connectivity index (χ1n) is 8.87. The number of methoxy groups -OCH3 is 1. The largest absolute Gasteiger partial charge is 0.497 e. The van der Waals surface area contributed by atoms with E-state index in [-0.39, 0.29) is 35.6 Å². The molecule has 2 aliphatic heterocycles. The maximum absolute atomic E-state index is 12.0. The lowest BCUT2D eigenvalue weighted by molar-refractivity contribution is -0.138. The number of sulfone groups is 1. The predicted molar refractivity (Wildman–Crippen MR) is 107 cm³/mol. The molecule has 0 radical (unpaired) electrons. The van der Waals surface area contributed by atoms with Gasteiger partial charge in [0.15, 0.2) is 15.0 Å². The summed E-state index contributed by atoms with van der Waals surface area (Å²) >= 11 is 1.30. The van der Waals surface area contributed by atoms with Gasteiger partial charge in [0.1, 0.15) is 5.75 Å². The van der Waals surface area contributed by atoms with Crippen LogP contribution in [0.4, 0.5) is 0 Å². The molecule has 152 valence electrons. The summed E-state index contributed by atoms with van der Waals surface area (Å²) in [7, 11) is -1.50. The minimum absolute atomic E-state index is 0.0512. The molecule has 2 atom stereocenters. The van der Waals surface area contributed by atoms with Crippen LogP contribution < -0.4 is 4.74 Å². The van der Waals surface area contributed by atoms with Gasteiger partial charge in [-0.25, -0.2) is 8.42 Å². The number of ether oxygens (including phenoxy) is 1. The molecule has 0 aromatic heterocycles. The molecule has 8 nitrogen and oxygen atoms in total. The maximum atomic E-state index is 12.0. The van der Waals surface area contributed by atoms with Crippen molar-refractivity contribution in [1.29, 1.82) is 0 Å². The van der Waals surface area contributed by atoms with Gasteiger partial charge in [-0.1, -0.05) is 23.9 Å². The molecule has 2 saturated heterocycles. The molecule has 0 saturated carbocycles. The molecule has 1 aromatic rings. The molecule has 0 spiro atoms. The van der Waals surface area contributed by atoms with Gasteiger partial charge in [-0.05, 0) is 24.1 Å². The fourth-order valence-corrected chi connectivity index (χ4v) is 7.31. The van der Waals surface area contributed by atoms with Crippen molar-refractivity contribution in [1.82, 2.24) is 4.90 Å². The molecular formula is C18H22N2O6S2. The monoisotopic (exact) mass is 426 g/mol. The number of carbonyl (C=O) groups is 2. The SMILES string of the molecule is COc1ccc(CCN2C(=NC(=O)CCC(=O)O)S[C@@H]3CS(=O)(=O)C[C@H]32)cc1. The van der Waals surface area contributed by atoms with Gasteiger partial charge in [0.2, 0.25) is 5.91 Å². The first-order valence-corrected chi connectivity index (χ1v) is 11.6. The summed E-state index contributed by atoms with van der Waals surface area (Å²) in [6.45, 7) is 0.529. The number of carboxylic acids is 1. The number of amides is 1. The van der Waals surface area contributed by atoms with Gasteiger partial charge in [0.05, 0.1) is 31.1 Å². The van der Waals surface area contributed by atoms with Crippen molar-refractivity contribution >= 4 is 38.6 Å². The lowest BCUT2D eigenvalue weighted by Crippen LogP contribution is -2.39. The molecule has 1 aromatic carbocycles. The van der Waals surface area contributed by atoms with E-state index < -0.39 is 21.7 Å². The highest BCUT2D eigenvalue weighted by atomic mass is 32.2. The Morgan fingerprint density at radius 2 is 1.96 bits per heavy atom. The molecule has 2 aliphatic rings. The number of carbonyl (C=O) groups excluding carboxylic acids is 1. The lowest BCUT2D eigenvalue weighted by atomic mass is 10.1. The summed E-state index contributed by atoms with van der Waals surface area (Å²) in [6, 6.07) is 7.40. The van der Waals surface area contributed by atoms with Crippen LogP contribution in [0.1, 0.15) is 18.4 Å². The van der Waals surface area contributed by atoms with Crippen LogP contribution >= 0.6 is 11.8 Å². The third-order valence-electron chi connectivity index (χ3n) is 4.75. The summed E-state index contributed by atoms with van der Waals surface area (Å²) in [5.74, 6) is -0.665. The van der Waals surface area contributed by atoms with Crippen LogP contribution in [0.15, 0.2) is 29.3 Å². The molecule has 2 fully saturated rings. The number of carboxylic acid groups (broad SMARTS) is 1. The third kappa shape index (κ3) is 5.05. The Hall–Kier alpha value is -2.07. The van der Waals surface area contributed by atoms with E-state index in [1.807, 2.05) is 29.2 Å². The van der Waals surface area contributed by atoms with E-state index >= 15 is 0 Å². The highest BCUT2D eigenvalue weighted by molar-refractivity contribution is 8.15. The van der Waals surface area contributed by atoms with Crippen molar-refractivity contribution in [3.63, 3.8) is 0 Å². The van der Waals surface area contributed by atoms with Crippen molar-refractivity contribution in [3.05, 3.63) is 29.8 Å². The van der Waals surface area contributed by atoms with E-state index in [0.717, 1.165) is 11.3 Å². The van der Waals surface area contributed by atoms with E-state index in [1.165, 1.54) is 11.8 Å². The van der Waals surface area contributed by atoms with Crippen molar-refractivity contribution in [2.75, 3.05) is 25.2 Å². The topological polar surface area (TPSA) is 113 Å². The fourth-order valence-electron chi connectivity index (χ4n) is 3.32. The zero-order valence-corrected chi connectivity index (χ0v) is 17.0. The van der Waals surface area contributed by atoms with Gasteiger partial charge in [-0.3, -0.25) is 9.59 Å². The summed E-state index contributed by atoms with van der Waals surface area (Å²) < 4.78 is 29.2. The quantitative estimate of drug-likeness (QED) is 0.692. The minimum Gasteiger partial charge on any atom is -0.497 e. The molecule has 0 unspecified atom stereocenters. The normalized spacial score (nSPS) is 24.3. The van der Waals surface area contributed by atoms with Crippen LogP contribution in [0.3, 0.4) is 0 Å². The zero-order valence-electron chi connectivity index (χ0n) is 15.4. The Morgan fingerprint density at radius 1 is 1.25 bits per heavy atom. The summed E-state index contributed by atoms with van der Waals surface area (Å²) in [5, 5.41) is 9.07. The Balaban J connectivity index is 1.73. The van der Waals surface area contributed by atoms with E-state index in [1.54, 1.807) is 7.11 Å². The van der Waals surface area contributed by atoms with Crippen molar-refractivity contribution in [3.8, 4) is 5.75 Å². The summed E-state index contributed by atoms with van der Waals surface area (Å²) in [6.07, 6.45) is 0.225. The van der Waals surface area contributed by atoms with Crippen LogP contribution in [-0.4, -0.2) is 71.9 Å². The number of hydrogen-bond donors (Lipinski definition) is 1. The smallest absolute Gasteiger partial charge is 0.303 e. The third-order valence-corrected chi connectivity index (χ3v) is 8.00. The standard InChI is InChI=1S/C18H22N2O6S2/c1-26-13-4-2-12(3-5-13)8-9-20-14-10-28(24,25)11-15(14)27-18(20)19-16(21)6-7-17(22)23/h2-5,14-15H,6-11H2,1H3,(H,22,23)/t14-,15-/m1/s1. The fraction of sp³-hybridized carbons (Fsp3) is 0.500. The van der Waals surface area contributed by atoms with Crippen molar-refractivity contribution < 1.29 is 27.9 Å². The Bertz CT molecular complexity index is 882. The molecule has 1 N–H and O–H groups in total. The Labute approximate surface area is 167 Å². The summed E-state index contributed by atoms with van der Waals surface area (Å²) in [4.78, 5) is 28.6. The van der Waals surface area contributed by atoms with Crippen molar-refractivity contribution in [2.45, 2.75) is 30.6 Å². The van der Waals surface area contributed by atoms with Crippen molar-refractivity contribution in [2.24, 2.45) is 4.99 Å². The molecule has 2 heterocycles. The van der Waals surface area contributed by atoms with Gasteiger partial charge in [-0.2, -0.15) is 4.99 Å². The van der Waals surface area contributed by atoms with Gasteiger partial charge >= 0.3 is 5.97 Å².